The number of para-hydroxylation sites is 1. The number of rotatable bonds is 3. The fraction of sp³-hybridized carbons (Fsp3) is 0.588. The number of alkyl halides is 1. The first-order valence-corrected chi connectivity index (χ1v) is 8.31. The molecule has 21 heavy (non-hydrogen) atoms. The Kier molecular flexibility index (Phi) is 4.23. The van der Waals surface area contributed by atoms with Crippen LogP contribution in [0.2, 0.25) is 0 Å². The van der Waals surface area contributed by atoms with Crippen molar-refractivity contribution in [3.8, 4) is 0 Å². The summed E-state index contributed by atoms with van der Waals surface area (Å²) in [5.41, 5.74) is 3.59. The van der Waals surface area contributed by atoms with Crippen molar-refractivity contribution in [3.63, 3.8) is 0 Å². The minimum atomic E-state index is -0.0642. The lowest BCUT2D eigenvalue weighted by atomic mass is 10.0. The standard InChI is InChI=1S/C17H24ClN3/c1-12-7-6-9-15-16(12)21(17(19-15)13(2)18)11-14-8-4-5-10-20(14)3/h6-7,9,13-14H,4-5,8,10-11H2,1-3H3. The van der Waals surface area contributed by atoms with E-state index in [0.717, 1.165) is 17.9 Å². The van der Waals surface area contributed by atoms with Crippen LogP contribution in [-0.4, -0.2) is 34.1 Å². The number of aryl methyl sites for hydroxylation is 1. The Morgan fingerprint density at radius 2 is 2.19 bits per heavy atom. The number of hydrogen-bond donors (Lipinski definition) is 0. The van der Waals surface area contributed by atoms with Crippen LogP contribution in [-0.2, 0) is 6.54 Å². The molecule has 1 aromatic carbocycles. The van der Waals surface area contributed by atoms with Gasteiger partial charge in [-0.1, -0.05) is 18.6 Å². The van der Waals surface area contributed by atoms with Gasteiger partial charge in [0, 0.05) is 12.6 Å². The zero-order valence-electron chi connectivity index (χ0n) is 13.1. The van der Waals surface area contributed by atoms with Gasteiger partial charge in [-0.3, -0.25) is 0 Å². The minimum absolute atomic E-state index is 0.0642. The highest BCUT2D eigenvalue weighted by Gasteiger charge is 2.23. The summed E-state index contributed by atoms with van der Waals surface area (Å²) in [6.07, 6.45) is 3.90. The van der Waals surface area contributed by atoms with Crippen molar-refractivity contribution < 1.29 is 0 Å². The number of likely N-dealkylation sites (N-methyl/N-ethyl adjacent to an activating group) is 1. The van der Waals surface area contributed by atoms with E-state index >= 15 is 0 Å². The van der Waals surface area contributed by atoms with Crippen molar-refractivity contribution in [2.45, 2.75) is 51.1 Å². The van der Waals surface area contributed by atoms with Gasteiger partial charge in [0.25, 0.3) is 0 Å². The molecule has 1 saturated heterocycles. The van der Waals surface area contributed by atoms with Crippen molar-refractivity contribution in [3.05, 3.63) is 29.6 Å². The second kappa shape index (κ2) is 5.98. The zero-order valence-corrected chi connectivity index (χ0v) is 13.9. The fourth-order valence-electron chi connectivity index (χ4n) is 3.46. The first-order valence-electron chi connectivity index (χ1n) is 7.88. The summed E-state index contributed by atoms with van der Waals surface area (Å²) >= 11 is 6.39. The highest BCUT2D eigenvalue weighted by atomic mass is 35.5. The lowest BCUT2D eigenvalue weighted by Gasteiger charge is -2.33. The Balaban J connectivity index is 2.04. The molecule has 1 aromatic heterocycles. The summed E-state index contributed by atoms with van der Waals surface area (Å²) in [5, 5.41) is -0.0642. The first kappa shape index (κ1) is 14.9. The molecule has 0 N–H and O–H groups in total. The molecule has 0 radical (unpaired) electrons. The number of imidazole rings is 1. The average molecular weight is 306 g/mol. The van der Waals surface area contributed by atoms with Crippen molar-refractivity contribution in [1.29, 1.82) is 0 Å². The Morgan fingerprint density at radius 1 is 1.38 bits per heavy atom. The second-order valence-electron chi connectivity index (χ2n) is 6.27. The fourth-order valence-corrected chi connectivity index (χ4v) is 3.62. The molecule has 114 valence electrons. The number of piperidine rings is 1. The number of likely N-dealkylation sites (tertiary alicyclic amines) is 1. The van der Waals surface area contributed by atoms with Crippen LogP contribution < -0.4 is 0 Å². The molecule has 3 rings (SSSR count). The third kappa shape index (κ3) is 2.82. The van der Waals surface area contributed by atoms with Gasteiger partial charge in [0.05, 0.1) is 16.4 Å². The summed E-state index contributed by atoms with van der Waals surface area (Å²) in [5.74, 6) is 1.000. The molecule has 2 atom stereocenters. The number of aromatic nitrogens is 2. The van der Waals surface area contributed by atoms with Gasteiger partial charge in [0.15, 0.2) is 0 Å². The van der Waals surface area contributed by atoms with Gasteiger partial charge in [-0.05, 0) is 51.9 Å². The summed E-state index contributed by atoms with van der Waals surface area (Å²) in [6, 6.07) is 6.91. The van der Waals surface area contributed by atoms with Gasteiger partial charge in [-0.25, -0.2) is 4.98 Å². The van der Waals surface area contributed by atoms with Gasteiger partial charge < -0.3 is 9.47 Å². The third-order valence-corrected chi connectivity index (χ3v) is 4.86. The van der Waals surface area contributed by atoms with Gasteiger partial charge >= 0.3 is 0 Å². The molecule has 2 heterocycles. The molecule has 0 amide bonds. The van der Waals surface area contributed by atoms with Crippen LogP contribution in [0, 0.1) is 6.92 Å². The normalized spacial score (nSPS) is 21.8. The van der Waals surface area contributed by atoms with Gasteiger partial charge in [0.1, 0.15) is 5.82 Å². The highest BCUT2D eigenvalue weighted by molar-refractivity contribution is 6.20. The summed E-state index contributed by atoms with van der Waals surface area (Å²) < 4.78 is 2.36. The van der Waals surface area contributed by atoms with E-state index in [-0.39, 0.29) is 5.38 Å². The van der Waals surface area contributed by atoms with Crippen LogP contribution in [0.5, 0.6) is 0 Å². The van der Waals surface area contributed by atoms with E-state index in [1.807, 2.05) is 6.92 Å². The predicted molar refractivity (Wildman–Crippen MR) is 89.0 cm³/mol. The SMILES string of the molecule is Cc1cccc2nc(C(C)Cl)n(CC3CCCCN3C)c12. The minimum Gasteiger partial charge on any atom is -0.325 e. The molecule has 0 saturated carbocycles. The van der Waals surface area contributed by atoms with E-state index in [1.54, 1.807) is 0 Å². The van der Waals surface area contributed by atoms with Crippen LogP contribution in [0.4, 0.5) is 0 Å². The smallest absolute Gasteiger partial charge is 0.127 e. The molecule has 1 fully saturated rings. The highest BCUT2D eigenvalue weighted by Crippen LogP contribution is 2.28. The maximum Gasteiger partial charge on any atom is 0.127 e. The molecule has 1 aliphatic heterocycles. The monoisotopic (exact) mass is 305 g/mol. The Morgan fingerprint density at radius 3 is 2.90 bits per heavy atom. The summed E-state index contributed by atoms with van der Waals surface area (Å²) in [4.78, 5) is 7.26. The maximum atomic E-state index is 6.39. The molecule has 0 aliphatic carbocycles. The van der Waals surface area contributed by atoms with E-state index in [1.165, 1.54) is 36.9 Å². The van der Waals surface area contributed by atoms with Crippen molar-refractivity contribution in [2.24, 2.45) is 0 Å². The quantitative estimate of drug-likeness (QED) is 0.795. The number of fused-ring (bicyclic) bond motifs is 1. The zero-order chi connectivity index (χ0) is 15.0. The van der Waals surface area contributed by atoms with E-state index in [4.69, 9.17) is 16.6 Å². The third-order valence-electron chi connectivity index (χ3n) is 4.67. The molecule has 4 heteroatoms. The predicted octanol–water partition coefficient (Wildman–Crippen LogP) is 4.13. The Bertz CT molecular complexity index is 632. The summed E-state index contributed by atoms with van der Waals surface area (Å²) in [6.45, 7) is 6.36. The van der Waals surface area contributed by atoms with Crippen LogP contribution in [0.15, 0.2) is 18.2 Å². The molecular formula is C17H24ClN3. The number of halogens is 1. The molecule has 1 aliphatic rings. The number of nitrogens with zero attached hydrogens (tertiary/aromatic N) is 3. The van der Waals surface area contributed by atoms with E-state index in [9.17, 15) is 0 Å². The lowest BCUT2D eigenvalue weighted by Crippen LogP contribution is -2.39. The van der Waals surface area contributed by atoms with Gasteiger partial charge in [-0.15, -0.1) is 11.6 Å². The van der Waals surface area contributed by atoms with E-state index < -0.39 is 0 Å². The molecule has 0 spiro atoms. The molecule has 2 unspecified atom stereocenters. The topological polar surface area (TPSA) is 21.1 Å². The van der Waals surface area contributed by atoms with Crippen LogP contribution in [0.1, 0.15) is 43.0 Å². The van der Waals surface area contributed by atoms with Crippen LogP contribution in [0.3, 0.4) is 0 Å². The molecule has 0 bridgehead atoms. The Labute approximate surface area is 131 Å². The van der Waals surface area contributed by atoms with E-state index in [0.29, 0.717) is 6.04 Å². The second-order valence-corrected chi connectivity index (χ2v) is 6.92. The largest absolute Gasteiger partial charge is 0.325 e. The van der Waals surface area contributed by atoms with Crippen LogP contribution in [0.25, 0.3) is 11.0 Å². The van der Waals surface area contributed by atoms with E-state index in [2.05, 4.69) is 41.6 Å². The van der Waals surface area contributed by atoms with Crippen LogP contribution >= 0.6 is 11.6 Å². The Hall–Kier alpha value is -1.06. The molecular weight excluding hydrogens is 282 g/mol. The van der Waals surface area contributed by atoms with Crippen molar-refractivity contribution >= 4 is 22.6 Å². The lowest BCUT2D eigenvalue weighted by molar-refractivity contribution is 0.167. The van der Waals surface area contributed by atoms with Gasteiger partial charge in [-0.2, -0.15) is 0 Å². The van der Waals surface area contributed by atoms with Gasteiger partial charge in [0.2, 0.25) is 0 Å². The number of hydrogen-bond acceptors (Lipinski definition) is 2. The first-order chi connectivity index (χ1) is 10.1. The van der Waals surface area contributed by atoms with Crippen molar-refractivity contribution in [2.75, 3.05) is 13.6 Å². The maximum absolute atomic E-state index is 6.39. The summed E-state index contributed by atoms with van der Waals surface area (Å²) in [7, 11) is 2.24. The van der Waals surface area contributed by atoms with Crippen molar-refractivity contribution in [1.82, 2.24) is 14.5 Å². The molecule has 2 aromatic rings. The molecule has 3 nitrogen and oxygen atoms in total. The number of benzene rings is 1. The average Bonchev–Trinajstić information content (AvgIpc) is 2.82.